The summed E-state index contributed by atoms with van der Waals surface area (Å²) < 4.78 is 5.32. The Morgan fingerprint density at radius 2 is 1.62 bits per heavy atom. The molecule has 0 N–H and O–H groups in total. The number of imide groups is 1. The molecule has 1 aliphatic carbocycles. The van der Waals surface area contributed by atoms with Gasteiger partial charge in [-0.2, -0.15) is 0 Å². The zero-order chi connectivity index (χ0) is 21.1. The van der Waals surface area contributed by atoms with Crippen LogP contribution in [-0.4, -0.2) is 52.7 Å². The Morgan fingerprint density at radius 1 is 1.07 bits per heavy atom. The Hall–Kier alpha value is -2.70. The van der Waals surface area contributed by atoms with Crippen molar-refractivity contribution in [3.63, 3.8) is 0 Å². The largest absolute Gasteiger partial charge is 0.451 e. The van der Waals surface area contributed by atoms with Gasteiger partial charge in [0.25, 0.3) is 5.91 Å². The van der Waals surface area contributed by atoms with Crippen LogP contribution in [0.3, 0.4) is 0 Å². The summed E-state index contributed by atoms with van der Waals surface area (Å²) in [6, 6.07) is 8.46. The van der Waals surface area contributed by atoms with E-state index >= 15 is 0 Å². The highest BCUT2D eigenvalue weighted by Gasteiger charge is 2.51. The van der Waals surface area contributed by atoms with Gasteiger partial charge in [0.05, 0.1) is 11.8 Å². The van der Waals surface area contributed by atoms with Crippen molar-refractivity contribution < 1.29 is 23.9 Å². The van der Waals surface area contributed by atoms with Crippen molar-refractivity contribution in [3.05, 3.63) is 35.9 Å². The Kier molecular flexibility index (Phi) is 6.35. The van der Waals surface area contributed by atoms with E-state index in [4.69, 9.17) is 4.74 Å². The Labute approximate surface area is 171 Å². The second-order valence-corrected chi connectivity index (χ2v) is 7.98. The zero-order valence-corrected chi connectivity index (χ0v) is 17.2. The quantitative estimate of drug-likeness (QED) is 0.540. The fraction of sp³-hybridized carbons (Fsp3) is 0.545. The van der Waals surface area contributed by atoms with E-state index in [0.717, 1.165) is 23.3 Å². The molecule has 3 rings (SSSR count). The third-order valence-electron chi connectivity index (χ3n) is 5.88. The van der Waals surface area contributed by atoms with E-state index in [-0.39, 0.29) is 29.6 Å². The van der Waals surface area contributed by atoms with Gasteiger partial charge in [0.1, 0.15) is 6.04 Å². The molecule has 0 aromatic heterocycles. The molecule has 0 unspecified atom stereocenters. The number of fused-ring (bicyclic) bond motifs is 1. The molecule has 1 heterocycles. The number of hydrogen-bond donors (Lipinski definition) is 0. The predicted octanol–water partition coefficient (Wildman–Crippen LogP) is 2.14. The highest BCUT2D eigenvalue weighted by atomic mass is 16.5. The summed E-state index contributed by atoms with van der Waals surface area (Å²) in [5.41, 5.74) is 0.964. The highest BCUT2D eigenvalue weighted by molar-refractivity contribution is 6.07. The maximum absolute atomic E-state index is 12.6. The minimum absolute atomic E-state index is 0.288. The lowest BCUT2D eigenvalue weighted by Gasteiger charge is -2.25. The van der Waals surface area contributed by atoms with E-state index in [1.807, 2.05) is 30.3 Å². The molecule has 4 atom stereocenters. The molecule has 1 saturated carbocycles. The van der Waals surface area contributed by atoms with Gasteiger partial charge in [0.15, 0.2) is 6.10 Å². The molecule has 3 amide bonds. The Morgan fingerprint density at radius 3 is 2.17 bits per heavy atom. The van der Waals surface area contributed by atoms with Crippen LogP contribution in [0.25, 0.3) is 0 Å². The molecular formula is C22H28N2O5. The third-order valence-corrected chi connectivity index (χ3v) is 5.88. The van der Waals surface area contributed by atoms with Crippen molar-refractivity contribution in [1.29, 1.82) is 0 Å². The van der Waals surface area contributed by atoms with E-state index in [0.29, 0.717) is 19.4 Å². The number of likely N-dealkylation sites (N-methyl/N-ethyl adjacent to an activating group) is 1. The average molecular weight is 400 g/mol. The average Bonchev–Trinajstić information content (AvgIpc) is 2.98. The molecule has 0 spiro atoms. The summed E-state index contributed by atoms with van der Waals surface area (Å²) in [5, 5.41) is 0. The highest BCUT2D eigenvalue weighted by Crippen LogP contribution is 2.38. The number of ether oxygens (including phenoxy) is 1. The molecule has 156 valence electrons. The first kappa shape index (κ1) is 21.0. The second-order valence-electron chi connectivity index (χ2n) is 7.98. The summed E-state index contributed by atoms with van der Waals surface area (Å²) in [6.07, 6.45) is 2.21. The monoisotopic (exact) mass is 400 g/mol. The van der Waals surface area contributed by atoms with Crippen molar-refractivity contribution >= 4 is 23.7 Å². The number of carbonyl (C=O) groups excluding carboxylic acids is 4. The zero-order valence-electron chi connectivity index (χ0n) is 17.2. The molecular weight excluding hydrogens is 372 g/mol. The summed E-state index contributed by atoms with van der Waals surface area (Å²) in [6.45, 7) is 3.38. The summed E-state index contributed by atoms with van der Waals surface area (Å²) in [7, 11) is 1.64. The van der Waals surface area contributed by atoms with E-state index in [1.54, 1.807) is 7.05 Å². The number of hydrogen-bond acceptors (Lipinski definition) is 5. The van der Waals surface area contributed by atoms with Crippen molar-refractivity contribution in [1.82, 2.24) is 9.80 Å². The van der Waals surface area contributed by atoms with E-state index in [2.05, 4.69) is 0 Å². The molecule has 7 heteroatoms. The van der Waals surface area contributed by atoms with Gasteiger partial charge in [-0.3, -0.25) is 19.3 Å². The minimum Gasteiger partial charge on any atom is -0.451 e. The first-order chi connectivity index (χ1) is 13.8. The maximum Gasteiger partial charge on any atom is 0.329 e. The molecule has 0 bridgehead atoms. The van der Waals surface area contributed by atoms with Gasteiger partial charge in [-0.25, -0.2) is 4.79 Å². The second kappa shape index (κ2) is 8.76. The molecule has 7 nitrogen and oxygen atoms in total. The normalized spacial score (nSPS) is 23.3. The third kappa shape index (κ3) is 4.33. The molecule has 2 aliphatic rings. The standard InChI is InChI=1S/C22H28N2O5/c1-14(24-20(26)17-11-7-8-12-18(17)21(24)27)22(28)29-15(2)19(25)23(3)13-16-9-5-4-6-10-16/h4-6,9-10,14-15,17-18H,7-8,11-13H2,1-3H3/t14-,15-,17+,18+/m0/s1. The lowest BCUT2D eigenvalue weighted by molar-refractivity contribution is -0.166. The molecule has 1 aliphatic heterocycles. The summed E-state index contributed by atoms with van der Waals surface area (Å²) in [4.78, 5) is 53.0. The Bertz CT molecular complexity index is 770. The van der Waals surface area contributed by atoms with Gasteiger partial charge in [0, 0.05) is 13.6 Å². The van der Waals surface area contributed by atoms with Gasteiger partial charge >= 0.3 is 5.97 Å². The van der Waals surface area contributed by atoms with Crippen molar-refractivity contribution in [2.45, 2.75) is 58.2 Å². The van der Waals surface area contributed by atoms with Crippen LogP contribution in [0.5, 0.6) is 0 Å². The van der Waals surface area contributed by atoms with Crippen molar-refractivity contribution in [3.8, 4) is 0 Å². The van der Waals surface area contributed by atoms with Crippen molar-refractivity contribution in [2.24, 2.45) is 11.8 Å². The fourth-order valence-electron chi connectivity index (χ4n) is 4.24. The number of esters is 1. The molecule has 1 aromatic carbocycles. The molecule has 2 fully saturated rings. The molecule has 29 heavy (non-hydrogen) atoms. The minimum atomic E-state index is -1.03. The van der Waals surface area contributed by atoms with Crippen LogP contribution >= 0.6 is 0 Å². The summed E-state index contributed by atoms with van der Waals surface area (Å²) in [5.74, 6) is -2.29. The van der Waals surface area contributed by atoms with Crippen LogP contribution in [0.1, 0.15) is 45.1 Å². The van der Waals surface area contributed by atoms with Gasteiger partial charge in [0.2, 0.25) is 11.8 Å². The SMILES string of the molecule is C[C@H](OC(=O)[C@H](C)N1C(=O)[C@@H]2CCCC[C@H]2C1=O)C(=O)N(C)Cc1ccccc1. The van der Waals surface area contributed by atoms with Gasteiger partial charge in [-0.05, 0) is 32.3 Å². The van der Waals surface area contributed by atoms with E-state index in [9.17, 15) is 19.2 Å². The van der Waals surface area contributed by atoms with Crippen LogP contribution in [0.4, 0.5) is 0 Å². The fourth-order valence-corrected chi connectivity index (χ4v) is 4.24. The lowest BCUT2D eigenvalue weighted by atomic mass is 9.81. The topological polar surface area (TPSA) is 84.0 Å². The maximum atomic E-state index is 12.6. The number of nitrogens with zero attached hydrogens (tertiary/aromatic N) is 2. The first-order valence-electron chi connectivity index (χ1n) is 10.2. The number of benzene rings is 1. The van der Waals surface area contributed by atoms with Crippen LogP contribution in [0.15, 0.2) is 30.3 Å². The predicted molar refractivity (Wildman–Crippen MR) is 105 cm³/mol. The van der Waals surface area contributed by atoms with E-state index < -0.39 is 18.1 Å². The number of carbonyl (C=O) groups is 4. The van der Waals surface area contributed by atoms with Gasteiger partial charge in [-0.15, -0.1) is 0 Å². The van der Waals surface area contributed by atoms with Crippen LogP contribution in [-0.2, 0) is 30.5 Å². The van der Waals surface area contributed by atoms with Crippen molar-refractivity contribution in [2.75, 3.05) is 7.05 Å². The van der Waals surface area contributed by atoms with Crippen LogP contribution in [0.2, 0.25) is 0 Å². The smallest absolute Gasteiger partial charge is 0.329 e. The molecule has 0 radical (unpaired) electrons. The Balaban J connectivity index is 1.59. The van der Waals surface area contributed by atoms with Crippen LogP contribution in [0, 0.1) is 11.8 Å². The number of likely N-dealkylation sites (tertiary alicyclic amines) is 1. The lowest BCUT2D eigenvalue weighted by Crippen LogP contribution is -2.46. The number of amides is 3. The first-order valence-corrected chi connectivity index (χ1v) is 10.2. The van der Waals surface area contributed by atoms with Gasteiger partial charge < -0.3 is 9.64 Å². The molecule has 1 aromatic rings. The van der Waals surface area contributed by atoms with Crippen LogP contribution < -0.4 is 0 Å². The molecule has 1 saturated heterocycles. The summed E-state index contributed by atoms with van der Waals surface area (Å²) >= 11 is 0. The van der Waals surface area contributed by atoms with Gasteiger partial charge in [-0.1, -0.05) is 43.2 Å². The number of rotatable bonds is 6. The van der Waals surface area contributed by atoms with E-state index in [1.165, 1.54) is 18.7 Å².